The maximum Gasteiger partial charge on any atom is 0.322 e. The molecule has 0 aliphatic heterocycles. The summed E-state index contributed by atoms with van der Waals surface area (Å²) in [4.78, 5) is 16.8. The minimum absolute atomic E-state index is 0.257. The standard InChI is InChI=1S/C12H17N3O3S/c1-4-18-11(16)8(2)13-7-9-10(17-3)14-12-15(9)5-6-19-12/h5-6,8,13H,4,7H2,1-3H3. The molecule has 2 rings (SSSR count). The van der Waals surface area contributed by atoms with Crippen LogP contribution in [0, 0.1) is 0 Å². The number of hydrogen-bond acceptors (Lipinski definition) is 6. The molecule has 0 spiro atoms. The van der Waals surface area contributed by atoms with E-state index in [0.717, 1.165) is 10.7 Å². The Kier molecular flexibility index (Phi) is 4.39. The number of nitrogens with one attached hydrogen (secondary N) is 1. The first-order valence-electron chi connectivity index (χ1n) is 6.05. The molecule has 19 heavy (non-hydrogen) atoms. The molecule has 0 aromatic carbocycles. The molecule has 1 unspecified atom stereocenters. The van der Waals surface area contributed by atoms with Crippen molar-refractivity contribution >= 4 is 22.3 Å². The number of esters is 1. The van der Waals surface area contributed by atoms with Crippen molar-refractivity contribution in [1.29, 1.82) is 0 Å². The Morgan fingerprint density at radius 1 is 1.63 bits per heavy atom. The van der Waals surface area contributed by atoms with E-state index < -0.39 is 0 Å². The number of nitrogens with zero attached hydrogens (tertiary/aromatic N) is 2. The molecule has 2 aromatic rings. The molecule has 0 aliphatic rings. The number of imidazole rings is 1. The van der Waals surface area contributed by atoms with E-state index in [0.29, 0.717) is 19.0 Å². The van der Waals surface area contributed by atoms with Gasteiger partial charge in [0, 0.05) is 18.1 Å². The molecule has 0 fully saturated rings. The van der Waals surface area contributed by atoms with E-state index in [4.69, 9.17) is 9.47 Å². The van der Waals surface area contributed by atoms with Crippen molar-refractivity contribution in [2.45, 2.75) is 26.4 Å². The molecular formula is C12H17N3O3S. The molecule has 104 valence electrons. The quantitative estimate of drug-likeness (QED) is 0.813. The van der Waals surface area contributed by atoms with E-state index in [9.17, 15) is 4.79 Å². The molecule has 1 atom stereocenters. The Bertz CT molecular complexity index is 564. The Balaban J connectivity index is 2.08. The maximum atomic E-state index is 11.5. The highest BCUT2D eigenvalue weighted by molar-refractivity contribution is 7.15. The highest BCUT2D eigenvalue weighted by atomic mass is 32.1. The first kappa shape index (κ1) is 13.8. The normalized spacial score (nSPS) is 12.6. The molecular weight excluding hydrogens is 266 g/mol. The van der Waals surface area contributed by atoms with Gasteiger partial charge in [-0.1, -0.05) is 0 Å². The molecule has 0 saturated carbocycles. The lowest BCUT2D eigenvalue weighted by molar-refractivity contribution is -0.145. The predicted octanol–water partition coefficient (Wildman–Crippen LogP) is 1.45. The Morgan fingerprint density at radius 2 is 2.42 bits per heavy atom. The van der Waals surface area contributed by atoms with Crippen molar-refractivity contribution in [2.24, 2.45) is 0 Å². The number of hydrogen-bond donors (Lipinski definition) is 1. The van der Waals surface area contributed by atoms with Crippen LogP contribution in [-0.4, -0.2) is 35.1 Å². The second-order valence-corrected chi connectivity index (χ2v) is 4.85. The van der Waals surface area contributed by atoms with Gasteiger partial charge in [-0.05, 0) is 13.8 Å². The van der Waals surface area contributed by atoms with E-state index in [1.165, 1.54) is 11.3 Å². The topological polar surface area (TPSA) is 64.9 Å². The van der Waals surface area contributed by atoms with Gasteiger partial charge in [-0.15, -0.1) is 11.3 Å². The van der Waals surface area contributed by atoms with E-state index in [1.54, 1.807) is 21.0 Å². The summed E-state index contributed by atoms with van der Waals surface area (Å²) in [6.07, 6.45) is 1.93. The zero-order chi connectivity index (χ0) is 13.8. The minimum atomic E-state index is -0.367. The predicted molar refractivity (Wildman–Crippen MR) is 72.6 cm³/mol. The Morgan fingerprint density at radius 3 is 3.11 bits per heavy atom. The van der Waals surface area contributed by atoms with Gasteiger partial charge in [0.25, 0.3) is 0 Å². The van der Waals surface area contributed by atoms with Crippen LogP contribution < -0.4 is 10.1 Å². The molecule has 0 radical (unpaired) electrons. The van der Waals surface area contributed by atoms with E-state index in [2.05, 4.69) is 10.3 Å². The number of ether oxygens (including phenoxy) is 2. The molecule has 6 nitrogen and oxygen atoms in total. The summed E-state index contributed by atoms with van der Waals surface area (Å²) < 4.78 is 12.1. The van der Waals surface area contributed by atoms with Gasteiger partial charge in [-0.2, -0.15) is 4.98 Å². The zero-order valence-corrected chi connectivity index (χ0v) is 12.0. The average molecular weight is 283 g/mol. The summed E-state index contributed by atoms with van der Waals surface area (Å²) in [5, 5.41) is 5.07. The van der Waals surface area contributed by atoms with Crippen molar-refractivity contribution in [1.82, 2.24) is 14.7 Å². The molecule has 2 aromatic heterocycles. The highest BCUT2D eigenvalue weighted by Gasteiger charge is 2.17. The van der Waals surface area contributed by atoms with Gasteiger partial charge in [0.15, 0.2) is 4.96 Å². The third-order valence-corrected chi connectivity index (χ3v) is 3.49. The molecule has 0 saturated heterocycles. The number of methoxy groups -OCH3 is 1. The molecule has 0 bridgehead atoms. The molecule has 1 N–H and O–H groups in total. The van der Waals surface area contributed by atoms with Crippen molar-refractivity contribution in [2.75, 3.05) is 13.7 Å². The second-order valence-electron chi connectivity index (χ2n) is 3.98. The highest BCUT2D eigenvalue weighted by Crippen LogP contribution is 2.22. The van der Waals surface area contributed by atoms with E-state index >= 15 is 0 Å². The van der Waals surface area contributed by atoms with Crippen LogP contribution in [0.3, 0.4) is 0 Å². The van der Waals surface area contributed by atoms with Gasteiger partial charge in [0.2, 0.25) is 5.88 Å². The monoisotopic (exact) mass is 283 g/mol. The number of aromatic nitrogens is 2. The first-order chi connectivity index (χ1) is 9.17. The summed E-state index contributed by atoms with van der Waals surface area (Å²) in [5.74, 6) is 0.322. The van der Waals surface area contributed by atoms with Gasteiger partial charge in [0.05, 0.1) is 13.7 Å². The van der Waals surface area contributed by atoms with Crippen LogP contribution in [0.2, 0.25) is 0 Å². The average Bonchev–Trinajstić information content (AvgIpc) is 2.96. The van der Waals surface area contributed by atoms with Crippen LogP contribution in [0.4, 0.5) is 0 Å². The number of carbonyl (C=O) groups is 1. The summed E-state index contributed by atoms with van der Waals surface area (Å²) >= 11 is 1.54. The zero-order valence-electron chi connectivity index (χ0n) is 11.2. The van der Waals surface area contributed by atoms with Crippen LogP contribution in [0.25, 0.3) is 4.96 Å². The van der Waals surface area contributed by atoms with Crippen molar-refractivity contribution < 1.29 is 14.3 Å². The third-order valence-electron chi connectivity index (χ3n) is 2.73. The van der Waals surface area contributed by atoms with Crippen molar-refractivity contribution in [3.05, 3.63) is 17.3 Å². The summed E-state index contributed by atoms with van der Waals surface area (Å²) in [6.45, 7) is 4.44. The molecule has 0 amide bonds. The molecule has 0 aliphatic carbocycles. The van der Waals surface area contributed by atoms with Crippen LogP contribution in [-0.2, 0) is 16.1 Å². The van der Waals surface area contributed by atoms with Crippen molar-refractivity contribution in [3.8, 4) is 5.88 Å². The van der Waals surface area contributed by atoms with Crippen LogP contribution in [0.15, 0.2) is 11.6 Å². The van der Waals surface area contributed by atoms with Crippen LogP contribution >= 0.6 is 11.3 Å². The Hall–Kier alpha value is -1.60. The van der Waals surface area contributed by atoms with Crippen LogP contribution in [0.1, 0.15) is 19.5 Å². The van der Waals surface area contributed by atoms with E-state index in [1.807, 2.05) is 16.0 Å². The maximum absolute atomic E-state index is 11.5. The van der Waals surface area contributed by atoms with Gasteiger partial charge in [-0.3, -0.25) is 14.5 Å². The lowest BCUT2D eigenvalue weighted by Crippen LogP contribution is -2.35. The Labute approximate surface area is 115 Å². The largest absolute Gasteiger partial charge is 0.480 e. The van der Waals surface area contributed by atoms with Gasteiger partial charge in [-0.25, -0.2) is 0 Å². The fourth-order valence-electron chi connectivity index (χ4n) is 1.74. The van der Waals surface area contributed by atoms with Gasteiger partial charge >= 0.3 is 5.97 Å². The number of thiazole rings is 1. The smallest absolute Gasteiger partial charge is 0.322 e. The first-order valence-corrected chi connectivity index (χ1v) is 6.93. The number of fused-ring (bicyclic) bond motifs is 1. The fraction of sp³-hybridized carbons (Fsp3) is 0.500. The minimum Gasteiger partial charge on any atom is -0.480 e. The fourth-order valence-corrected chi connectivity index (χ4v) is 2.46. The van der Waals surface area contributed by atoms with Crippen molar-refractivity contribution in [3.63, 3.8) is 0 Å². The number of rotatable bonds is 6. The lowest BCUT2D eigenvalue weighted by Gasteiger charge is -2.12. The summed E-state index contributed by atoms with van der Waals surface area (Å²) in [5.41, 5.74) is 0.898. The van der Waals surface area contributed by atoms with Crippen LogP contribution in [0.5, 0.6) is 5.88 Å². The summed E-state index contributed by atoms with van der Waals surface area (Å²) in [7, 11) is 1.59. The van der Waals surface area contributed by atoms with Gasteiger partial charge in [0.1, 0.15) is 11.7 Å². The van der Waals surface area contributed by atoms with E-state index in [-0.39, 0.29) is 12.0 Å². The van der Waals surface area contributed by atoms with Gasteiger partial charge < -0.3 is 9.47 Å². The molecule has 7 heteroatoms. The SMILES string of the molecule is CCOC(=O)C(C)NCc1c(OC)nc2sccn12. The summed E-state index contributed by atoms with van der Waals surface area (Å²) in [6, 6.07) is -0.367. The second kappa shape index (κ2) is 6.03. The number of carbonyl (C=O) groups excluding carboxylic acids is 1. The third kappa shape index (κ3) is 2.87. The molecule has 2 heterocycles. The lowest BCUT2D eigenvalue weighted by atomic mass is 10.3.